The molecule has 0 aliphatic heterocycles. The molecule has 0 atom stereocenters. The minimum absolute atomic E-state index is 0.170. The highest BCUT2D eigenvalue weighted by Gasteiger charge is 1.99. The third-order valence-electron chi connectivity index (χ3n) is 2.12. The molecule has 0 aromatic heterocycles. The normalized spacial score (nSPS) is 11.0. The maximum absolute atomic E-state index is 13.0. The quantitative estimate of drug-likeness (QED) is 0.810. The number of hydrogen-bond donors (Lipinski definition) is 1. The van der Waals surface area contributed by atoms with Crippen molar-refractivity contribution >= 4 is 15.9 Å². The molecule has 0 bridgehead atoms. The van der Waals surface area contributed by atoms with E-state index < -0.39 is 0 Å². The number of hydrogen-bond acceptors (Lipinski definition) is 1. The first-order valence-electron chi connectivity index (χ1n) is 5.26. The first-order valence-corrected chi connectivity index (χ1v) is 6.05. The summed E-state index contributed by atoms with van der Waals surface area (Å²) >= 11 is 3.29. The van der Waals surface area contributed by atoms with Crippen LogP contribution in [-0.4, -0.2) is 12.6 Å². The molecule has 0 radical (unpaired) electrons. The van der Waals surface area contributed by atoms with Gasteiger partial charge in [0.2, 0.25) is 0 Å². The lowest BCUT2D eigenvalue weighted by Gasteiger charge is -2.07. The van der Waals surface area contributed by atoms with Crippen molar-refractivity contribution in [1.82, 2.24) is 5.32 Å². The molecule has 0 aliphatic rings. The molecule has 0 heterocycles. The number of rotatable bonds is 5. The minimum atomic E-state index is -0.170. The van der Waals surface area contributed by atoms with E-state index in [0.717, 1.165) is 29.4 Å². The van der Waals surface area contributed by atoms with Gasteiger partial charge < -0.3 is 5.32 Å². The maximum atomic E-state index is 13.0. The summed E-state index contributed by atoms with van der Waals surface area (Å²) in [6, 6.07) is 5.57. The van der Waals surface area contributed by atoms with Gasteiger partial charge in [0.15, 0.2) is 0 Å². The molecule has 0 spiro atoms. The smallest absolute Gasteiger partial charge is 0.124 e. The number of nitrogens with one attached hydrogen (secondary N) is 1. The minimum Gasteiger partial charge on any atom is -0.315 e. The lowest BCUT2D eigenvalue weighted by atomic mass is 10.1. The summed E-state index contributed by atoms with van der Waals surface area (Å²) in [5, 5.41) is 3.34. The van der Waals surface area contributed by atoms with Crippen LogP contribution in [0.25, 0.3) is 0 Å². The van der Waals surface area contributed by atoms with Crippen LogP contribution in [0.15, 0.2) is 22.7 Å². The van der Waals surface area contributed by atoms with Crippen LogP contribution in [0.3, 0.4) is 0 Å². The molecule has 1 aromatic carbocycles. The van der Waals surface area contributed by atoms with Gasteiger partial charge in [-0.2, -0.15) is 0 Å². The lowest BCUT2D eigenvalue weighted by molar-refractivity contribution is 0.569. The molecular weight excluding hydrogens is 257 g/mol. The van der Waals surface area contributed by atoms with Gasteiger partial charge in [-0.1, -0.05) is 29.8 Å². The van der Waals surface area contributed by atoms with Crippen LogP contribution < -0.4 is 5.32 Å². The van der Waals surface area contributed by atoms with Gasteiger partial charge in [0.05, 0.1) is 0 Å². The highest BCUT2D eigenvalue weighted by atomic mass is 79.9. The van der Waals surface area contributed by atoms with E-state index in [1.807, 2.05) is 6.07 Å². The Balaban J connectivity index is 2.37. The zero-order chi connectivity index (χ0) is 11.3. The molecule has 0 saturated heterocycles. The SMILES string of the molecule is CC(C)NCCCc1cc(F)cc(Br)c1. The molecule has 0 unspecified atom stereocenters. The van der Waals surface area contributed by atoms with Gasteiger partial charge in [0.1, 0.15) is 5.82 Å². The Morgan fingerprint density at radius 1 is 1.33 bits per heavy atom. The Morgan fingerprint density at radius 3 is 2.67 bits per heavy atom. The molecule has 0 fully saturated rings. The lowest BCUT2D eigenvalue weighted by Crippen LogP contribution is -2.23. The van der Waals surface area contributed by atoms with E-state index >= 15 is 0 Å². The Morgan fingerprint density at radius 2 is 2.07 bits per heavy atom. The van der Waals surface area contributed by atoms with E-state index in [2.05, 4.69) is 35.1 Å². The van der Waals surface area contributed by atoms with E-state index in [0.29, 0.717) is 6.04 Å². The zero-order valence-electron chi connectivity index (χ0n) is 9.19. The second kappa shape index (κ2) is 6.23. The van der Waals surface area contributed by atoms with Crippen molar-refractivity contribution in [2.24, 2.45) is 0 Å². The molecule has 0 amide bonds. The van der Waals surface area contributed by atoms with E-state index in [1.165, 1.54) is 6.07 Å². The predicted molar refractivity (Wildman–Crippen MR) is 65.6 cm³/mol. The van der Waals surface area contributed by atoms with E-state index in [1.54, 1.807) is 6.07 Å². The Hall–Kier alpha value is -0.410. The molecule has 84 valence electrons. The molecular formula is C12H17BrFN. The van der Waals surface area contributed by atoms with Crippen molar-refractivity contribution in [1.29, 1.82) is 0 Å². The molecule has 1 rings (SSSR count). The van der Waals surface area contributed by atoms with Crippen LogP contribution in [0.5, 0.6) is 0 Å². The van der Waals surface area contributed by atoms with Crippen molar-refractivity contribution in [3.05, 3.63) is 34.1 Å². The zero-order valence-corrected chi connectivity index (χ0v) is 10.8. The second-order valence-electron chi connectivity index (χ2n) is 3.99. The van der Waals surface area contributed by atoms with Gasteiger partial charge in [-0.25, -0.2) is 4.39 Å². The van der Waals surface area contributed by atoms with Crippen molar-refractivity contribution in [3.63, 3.8) is 0 Å². The van der Waals surface area contributed by atoms with E-state index in [4.69, 9.17) is 0 Å². The topological polar surface area (TPSA) is 12.0 Å². The fraction of sp³-hybridized carbons (Fsp3) is 0.500. The fourth-order valence-corrected chi connectivity index (χ4v) is 1.95. The Bertz CT molecular complexity index is 292. The summed E-state index contributed by atoms with van der Waals surface area (Å²) in [4.78, 5) is 0. The number of benzene rings is 1. The Labute approximate surface area is 99.2 Å². The summed E-state index contributed by atoms with van der Waals surface area (Å²) in [5.41, 5.74) is 1.05. The average molecular weight is 274 g/mol. The predicted octanol–water partition coefficient (Wildman–Crippen LogP) is 3.52. The first-order chi connectivity index (χ1) is 7.08. The molecule has 15 heavy (non-hydrogen) atoms. The number of aryl methyl sites for hydroxylation is 1. The van der Waals surface area contributed by atoms with Gasteiger partial charge in [-0.05, 0) is 43.1 Å². The van der Waals surface area contributed by atoms with Crippen molar-refractivity contribution in [2.75, 3.05) is 6.54 Å². The van der Waals surface area contributed by atoms with Crippen LogP contribution in [-0.2, 0) is 6.42 Å². The van der Waals surface area contributed by atoms with Gasteiger partial charge in [-0.15, -0.1) is 0 Å². The third kappa shape index (κ3) is 5.28. The van der Waals surface area contributed by atoms with Crippen molar-refractivity contribution in [3.8, 4) is 0 Å². The van der Waals surface area contributed by atoms with E-state index in [9.17, 15) is 4.39 Å². The Kier molecular flexibility index (Phi) is 5.26. The van der Waals surface area contributed by atoms with Gasteiger partial charge in [0.25, 0.3) is 0 Å². The van der Waals surface area contributed by atoms with Crippen LogP contribution in [0.2, 0.25) is 0 Å². The highest BCUT2D eigenvalue weighted by molar-refractivity contribution is 9.10. The molecule has 0 aliphatic carbocycles. The standard InChI is InChI=1S/C12H17BrFN/c1-9(2)15-5-3-4-10-6-11(13)8-12(14)7-10/h6-9,15H,3-5H2,1-2H3. The third-order valence-corrected chi connectivity index (χ3v) is 2.57. The van der Waals surface area contributed by atoms with Crippen LogP contribution >= 0.6 is 15.9 Å². The molecule has 1 nitrogen and oxygen atoms in total. The van der Waals surface area contributed by atoms with Gasteiger partial charge in [0, 0.05) is 10.5 Å². The van der Waals surface area contributed by atoms with Gasteiger partial charge >= 0.3 is 0 Å². The number of halogens is 2. The van der Waals surface area contributed by atoms with Crippen LogP contribution in [0.4, 0.5) is 4.39 Å². The van der Waals surface area contributed by atoms with Crippen molar-refractivity contribution in [2.45, 2.75) is 32.7 Å². The molecule has 1 N–H and O–H groups in total. The molecule has 3 heteroatoms. The van der Waals surface area contributed by atoms with Crippen molar-refractivity contribution < 1.29 is 4.39 Å². The summed E-state index contributed by atoms with van der Waals surface area (Å²) in [6.07, 6.45) is 1.95. The molecule has 1 aromatic rings. The summed E-state index contributed by atoms with van der Waals surface area (Å²) < 4.78 is 13.8. The maximum Gasteiger partial charge on any atom is 0.124 e. The molecule has 0 saturated carbocycles. The van der Waals surface area contributed by atoms with E-state index in [-0.39, 0.29) is 5.82 Å². The first kappa shape index (κ1) is 12.7. The summed E-state index contributed by atoms with van der Waals surface area (Å²) in [5.74, 6) is -0.170. The van der Waals surface area contributed by atoms with Crippen LogP contribution in [0.1, 0.15) is 25.8 Å². The second-order valence-corrected chi connectivity index (χ2v) is 4.91. The largest absolute Gasteiger partial charge is 0.315 e. The summed E-state index contributed by atoms with van der Waals surface area (Å²) in [7, 11) is 0. The van der Waals surface area contributed by atoms with Crippen LogP contribution in [0, 0.1) is 5.82 Å². The highest BCUT2D eigenvalue weighted by Crippen LogP contribution is 2.15. The summed E-state index contributed by atoms with van der Waals surface area (Å²) in [6.45, 7) is 5.23. The monoisotopic (exact) mass is 273 g/mol. The van der Waals surface area contributed by atoms with Gasteiger partial charge in [-0.3, -0.25) is 0 Å². The fourth-order valence-electron chi connectivity index (χ4n) is 1.44. The average Bonchev–Trinajstić information content (AvgIpc) is 2.10.